The number of esters is 1. The van der Waals surface area contributed by atoms with Crippen molar-refractivity contribution < 1.29 is 14.6 Å². The lowest BCUT2D eigenvalue weighted by Crippen LogP contribution is -2.04. The van der Waals surface area contributed by atoms with Gasteiger partial charge >= 0.3 is 5.97 Å². The van der Waals surface area contributed by atoms with Gasteiger partial charge in [0.15, 0.2) is 0 Å². The van der Waals surface area contributed by atoms with Gasteiger partial charge < -0.3 is 9.84 Å². The van der Waals surface area contributed by atoms with Gasteiger partial charge in [0.1, 0.15) is 5.75 Å². The summed E-state index contributed by atoms with van der Waals surface area (Å²) in [6.45, 7) is 0. The largest absolute Gasteiger partial charge is 0.508 e. The third-order valence-corrected chi connectivity index (χ3v) is 3.11. The van der Waals surface area contributed by atoms with Gasteiger partial charge in [-0.3, -0.25) is 4.79 Å². The van der Waals surface area contributed by atoms with Crippen molar-refractivity contribution in [2.45, 2.75) is 6.42 Å². The quantitative estimate of drug-likeness (QED) is 0.874. The van der Waals surface area contributed by atoms with Gasteiger partial charge in [-0.15, -0.1) is 0 Å². The van der Waals surface area contributed by atoms with E-state index in [0.29, 0.717) is 5.02 Å². The number of hydrogen-bond donors (Lipinski definition) is 1. The first-order chi connectivity index (χ1) is 9.10. The zero-order chi connectivity index (χ0) is 13.8. The summed E-state index contributed by atoms with van der Waals surface area (Å²) in [4.78, 5) is 11.2. The van der Waals surface area contributed by atoms with Crippen LogP contribution in [0.25, 0.3) is 11.1 Å². The van der Waals surface area contributed by atoms with Crippen molar-refractivity contribution in [3.63, 3.8) is 0 Å². The summed E-state index contributed by atoms with van der Waals surface area (Å²) in [7, 11) is 1.37. The molecule has 2 aromatic rings. The molecule has 0 bridgehead atoms. The average molecular weight is 277 g/mol. The molecule has 0 amide bonds. The van der Waals surface area contributed by atoms with E-state index in [2.05, 4.69) is 4.74 Å². The number of halogens is 1. The first-order valence-corrected chi connectivity index (χ1v) is 6.12. The van der Waals surface area contributed by atoms with E-state index in [1.54, 1.807) is 12.1 Å². The van der Waals surface area contributed by atoms with Gasteiger partial charge in [-0.05, 0) is 29.3 Å². The standard InChI is InChI=1S/C15H13ClO3/c1-19-15(18)8-10-2-4-11(5-3-10)13-7-6-12(17)9-14(13)16/h2-7,9,17H,8H2,1H3. The lowest BCUT2D eigenvalue weighted by Gasteiger charge is -2.06. The highest BCUT2D eigenvalue weighted by atomic mass is 35.5. The smallest absolute Gasteiger partial charge is 0.309 e. The van der Waals surface area contributed by atoms with Gasteiger partial charge in [0, 0.05) is 5.56 Å². The molecule has 0 saturated heterocycles. The number of phenols is 1. The Kier molecular flexibility index (Phi) is 4.07. The molecule has 19 heavy (non-hydrogen) atoms. The monoisotopic (exact) mass is 276 g/mol. The summed E-state index contributed by atoms with van der Waals surface area (Å²) in [5.74, 6) is -0.133. The third kappa shape index (κ3) is 3.26. The number of rotatable bonds is 3. The minimum absolute atomic E-state index is 0.135. The van der Waals surface area contributed by atoms with Crippen LogP contribution in [0.1, 0.15) is 5.56 Å². The highest BCUT2D eigenvalue weighted by Crippen LogP contribution is 2.30. The number of phenolic OH excluding ortho intramolecular Hbond substituents is 1. The second-order valence-electron chi connectivity index (χ2n) is 4.11. The second-order valence-corrected chi connectivity index (χ2v) is 4.52. The molecule has 0 aromatic heterocycles. The Hall–Kier alpha value is -2.00. The first kappa shape index (κ1) is 13.4. The number of carbonyl (C=O) groups excluding carboxylic acids is 1. The van der Waals surface area contributed by atoms with Gasteiger partial charge in [0.2, 0.25) is 0 Å². The number of benzene rings is 2. The van der Waals surface area contributed by atoms with Crippen LogP contribution in [0.4, 0.5) is 0 Å². The lowest BCUT2D eigenvalue weighted by molar-refractivity contribution is -0.139. The van der Waals surface area contributed by atoms with Crippen LogP contribution in [0.3, 0.4) is 0 Å². The molecular formula is C15H13ClO3. The predicted molar refractivity (Wildman–Crippen MR) is 74.3 cm³/mol. The molecule has 0 aliphatic rings. The molecule has 98 valence electrons. The maximum Gasteiger partial charge on any atom is 0.309 e. The first-order valence-electron chi connectivity index (χ1n) is 5.75. The zero-order valence-corrected chi connectivity index (χ0v) is 11.1. The van der Waals surface area contributed by atoms with Crippen molar-refractivity contribution >= 4 is 17.6 Å². The molecule has 3 nitrogen and oxygen atoms in total. The summed E-state index contributed by atoms with van der Waals surface area (Å²) in [5, 5.41) is 9.81. The highest BCUT2D eigenvalue weighted by molar-refractivity contribution is 6.33. The summed E-state index contributed by atoms with van der Waals surface area (Å²) in [5.41, 5.74) is 2.65. The van der Waals surface area contributed by atoms with Crippen LogP contribution in [0.5, 0.6) is 5.75 Å². The number of ether oxygens (including phenoxy) is 1. The molecule has 0 saturated carbocycles. The molecule has 0 heterocycles. The Labute approximate surface area is 116 Å². The van der Waals surface area contributed by atoms with Crippen molar-refractivity contribution in [2.75, 3.05) is 7.11 Å². The van der Waals surface area contributed by atoms with Crippen molar-refractivity contribution in [3.05, 3.63) is 53.1 Å². The van der Waals surface area contributed by atoms with E-state index in [-0.39, 0.29) is 18.1 Å². The lowest BCUT2D eigenvalue weighted by atomic mass is 10.0. The van der Waals surface area contributed by atoms with Gasteiger partial charge in [0.25, 0.3) is 0 Å². The fourth-order valence-corrected chi connectivity index (χ4v) is 2.06. The van der Waals surface area contributed by atoms with E-state index in [0.717, 1.165) is 16.7 Å². The molecule has 1 N–H and O–H groups in total. The van der Waals surface area contributed by atoms with Crippen LogP contribution in [-0.4, -0.2) is 18.2 Å². The van der Waals surface area contributed by atoms with Crippen LogP contribution in [0.2, 0.25) is 5.02 Å². The molecule has 4 heteroatoms. The van der Waals surface area contributed by atoms with Crippen LogP contribution in [-0.2, 0) is 16.0 Å². The van der Waals surface area contributed by atoms with Crippen LogP contribution in [0, 0.1) is 0 Å². The van der Waals surface area contributed by atoms with E-state index < -0.39 is 0 Å². The maximum atomic E-state index is 11.2. The summed E-state index contributed by atoms with van der Waals surface area (Å²) in [6, 6.07) is 12.3. The molecular weight excluding hydrogens is 264 g/mol. The molecule has 0 spiro atoms. The Bertz CT molecular complexity index is 591. The van der Waals surface area contributed by atoms with Gasteiger partial charge in [-0.1, -0.05) is 35.9 Å². The highest BCUT2D eigenvalue weighted by Gasteiger charge is 2.06. The molecule has 2 aromatic carbocycles. The van der Waals surface area contributed by atoms with E-state index in [4.69, 9.17) is 11.6 Å². The SMILES string of the molecule is COC(=O)Cc1ccc(-c2ccc(O)cc2Cl)cc1. The molecule has 0 radical (unpaired) electrons. The topological polar surface area (TPSA) is 46.5 Å². The Morgan fingerprint density at radius 1 is 1.21 bits per heavy atom. The number of methoxy groups -OCH3 is 1. The number of aromatic hydroxyl groups is 1. The van der Waals surface area contributed by atoms with Crippen molar-refractivity contribution in [3.8, 4) is 16.9 Å². The molecule has 0 aliphatic heterocycles. The minimum atomic E-state index is -0.268. The van der Waals surface area contributed by atoms with Crippen molar-refractivity contribution in [1.29, 1.82) is 0 Å². The summed E-state index contributed by atoms with van der Waals surface area (Å²) < 4.78 is 4.61. The Morgan fingerprint density at radius 3 is 2.47 bits per heavy atom. The summed E-state index contributed by atoms with van der Waals surface area (Å²) in [6.07, 6.45) is 0.250. The molecule has 0 unspecified atom stereocenters. The number of carbonyl (C=O) groups is 1. The van der Waals surface area contributed by atoms with E-state index in [1.807, 2.05) is 24.3 Å². The van der Waals surface area contributed by atoms with Crippen molar-refractivity contribution in [2.24, 2.45) is 0 Å². The van der Waals surface area contributed by atoms with E-state index >= 15 is 0 Å². The minimum Gasteiger partial charge on any atom is -0.508 e. The average Bonchev–Trinajstić information content (AvgIpc) is 2.40. The van der Waals surface area contributed by atoms with Gasteiger partial charge in [0.05, 0.1) is 18.6 Å². The van der Waals surface area contributed by atoms with Crippen LogP contribution >= 0.6 is 11.6 Å². The Balaban J connectivity index is 2.25. The fraction of sp³-hybridized carbons (Fsp3) is 0.133. The molecule has 0 fully saturated rings. The normalized spacial score (nSPS) is 10.2. The van der Waals surface area contributed by atoms with E-state index in [9.17, 15) is 9.90 Å². The zero-order valence-electron chi connectivity index (χ0n) is 10.4. The fourth-order valence-electron chi connectivity index (χ4n) is 1.78. The predicted octanol–water partition coefficient (Wildman–Crippen LogP) is 3.43. The van der Waals surface area contributed by atoms with Crippen LogP contribution < -0.4 is 0 Å². The van der Waals surface area contributed by atoms with E-state index in [1.165, 1.54) is 13.2 Å². The van der Waals surface area contributed by atoms with Crippen molar-refractivity contribution in [1.82, 2.24) is 0 Å². The van der Waals surface area contributed by atoms with Gasteiger partial charge in [-0.25, -0.2) is 0 Å². The van der Waals surface area contributed by atoms with Gasteiger partial charge in [-0.2, -0.15) is 0 Å². The second kappa shape index (κ2) is 5.76. The molecule has 0 atom stereocenters. The maximum absolute atomic E-state index is 11.2. The third-order valence-electron chi connectivity index (χ3n) is 2.79. The number of hydrogen-bond acceptors (Lipinski definition) is 3. The summed E-state index contributed by atoms with van der Waals surface area (Å²) >= 11 is 6.08. The molecule has 0 aliphatic carbocycles. The Morgan fingerprint density at radius 2 is 1.89 bits per heavy atom. The van der Waals surface area contributed by atoms with Crippen LogP contribution in [0.15, 0.2) is 42.5 Å². The molecule has 2 rings (SSSR count).